The number of ether oxygens (including phenoxy) is 1. The van der Waals surface area contributed by atoms with Crippen molar-refractivity contribution in [2.45, 2.75) is 57.2 Å². The number of phenolic OH excluding ortho intramolecular Hbond substituents is 1. The van der Waals surface area contributed by atoms with Crippen molar-refractivity contribution in [1.29, 1.82) is 0 Å². The summed E-state index contributed by atoms with van der Waals surface area (Å²) in [5.41, 5.74) is 0.0690. The molecule has 0 aromatic heterocycles. The fourth-order valence-corrected chi connectivity index (χ4v) is 3.78. The lowest BCUT2D eigenvalue weighted by Crippen LogP contribution is -2.50. The number of anilines is 1. The summed E-state index contributed by atoms with van der Waals surface area (Å²) in [6, 6.07) is 7.28. The summed E-state index contributed by atoms with van der Waals surface area (Å²) in [4.78, 5) is 12.2. The molecule has 25 heavy (non-hydrogen) atoms. The second-order valence-electron chi connectivity index (χ2n) is 7.49. The van der Waals surface area contributed by atoms with E-state index in [1.54, 1.807) is 12.1 Å². The Kier molecular flexibility index (Phi) is 6.67. The van der Waals surface area contributed by atoms with Gasteiger partial charge in [-0.15, -0.1) is 0 Å². The van der Waals surface area contributed by atoms with E-state index >= 15 is 0 Å². The Hall–Kier alpha value is -1.79. The van der Waals surface area contributed by atoms with Gasteiger partial charge in [0, 0.05) is 17.8 Å². The topological polar surface area (TPSA) is 82.6 Å². The molecule has 3 atom stereocenters. The number of hydrogen-bond donors (Lipinski definition) is 4. The molecule has 140 valence electrons. The van der Waals surface area contributed by atoms with Crippen molar-refractivity contribution in [3.8, 4) is 5.75 Å². The Balaban J connectivity index is 1.86. The highest BCUT2D eigenvalue weighted by atomic mass is 16.6. The van der Waals surface area contributed by atoms with Gasteiger partial charge in [0.2, 0.25) is 0 Å². The van der Waals surface area contributed by atoms with Gasteiger partial charge in [-0.2, -0.15) is 0 Å². The number of amides is 1. The Morgan fingerprint density at radius 3 is 2.40 bits per heavy atom. The molecule has 6 heteroatoms. The van der Waals surface area contributed by atoms with E-state index in [9.17, 15) is 9.90 Å². The number of aromatic hydroxyl groups is 1. The highest BCUT2D eigenvalue weighted by Gasteiger charge is 2.33. The maximum atomic E-state index is 12.2. The van der Waals surface area contributed by atoms with Crippen LogP contribution in [0.4, 0.5) is 10.5 Å². The van der Waals surface area contributed by atoms with E-state index in [1.807, 2.05) is 27.9 Å². The molecule has 3 unspecified atom stereocenters. The third-order valence-corrected chi connectivity index (χ3v) is 4.96. The SMILES string of the molecule is CNC1CCC(CC(C)(C)OC(=O)Nc2ccc(O)cc2)CC1NC. The fraction of sp³-hybridized carbons (Fsp3) is 0.632. The quantitative estimate of drug-likeness (QED) is 0.593. The predicted molar refractivity (Wildman–Crippen MR) is 99.9 cm³/mol. The van der Waals surface area contributed by atoms with Crippen molar-refractivity contribution in [3.63, 3.8) is 0 Å². The summed E-state index contributed by atoms with van der Waals surface area (Å²) in [7, 11) is 4.01. The number of carbonyl (C=O) groups excluding carboxylic acids is 1. The second-order valence-corrected chi connectivity index (χ2v) is 7.49. The van der Waals surface area contributed by atoms with Gasteiger partial charge in [0.05, 0.1) is 0 Å². The molecule has 0 heterocycles. The zero-order valence-corrected chi connectivity index (χ0v) is 15.6. The minimum atomic E-state index is -0.531. The first-order chi connectivity index (χ1) is 11.8. The van der Waals surface area contributed by atoms with E-state index < -0.39 is 11.7 Å². The average molecular weight is 349 g/mol. The molecule has 0 spiro atoms. The molecule has 6 nitrogen and oxygen atoms in total. The van der Waals surface area contributed by atoms with Crippen LogP contribution in [0.15, 0.2) is 24.3 Å². The van der Waals surface area contributed by atoms with Gasteiger partial charge in [0.1, 0.15) is 11.4 Å². The summed E-state index contributed by atoms with van der Waals surface area (Å²) in [5, 5.41) is 18.8. The molecule has 0 radical (unpaired) electrons. The van der Waals surface area contributed by atoms with Crippen molar-refractivity contribution in [2.75, 3.05) is 19.4 Å². The van der Waals surface area contributed by atoms with Gasteiger partial charge in [-0.3, -0.25) is 5.32 Å². The molecule has 0 aliphatic heterocycles. The van der Waals surface area contributed by atoms with Crippen LogP contribution in [0.3, 0.4) is 0 Å². The molecule has 1 aliphatic rings. The van der Waals surface area contributed by atoms with Gasteiger partial charge >= 0.3 is 6.09 Å². The van der Waals surface area contributed by atoms with Gasteiger partial charge in [-0.25, -0.2) is 4.79 Å². The standard InChI is InChI=1S/C19H31N3O3/c1-19(2,12-13-5-10-16(20-3)17(11-13)21-4)25-18(24)22-14-6-8-15(23)9-7-14/h6-9,13,16-17,20-21,23H,5,10-12H2,1-4H3,(H,22,24). The Morgan fingerprint density at radius 1 is 1.16 bits per heavy atom. The minimum Gasteiger partial charge on any atom is -0.508 e. The summed E-state index contributed by atoms with van der Waals surface area (Å²) in [5.74, 6) is 0.689. The Labute approximate surface area is 150 Å². The van der Waals surface area contributed by atoms with E-state index in [2.05, 4.69) is 16.0 Å². The van der Waals surface area contributed by atoms with Crippen molar-refractivity contribution in [1.82, 2.24) is 10.6 Å². The van der Waals surface area contributed by atoms with Gasteiger partial charge in [0.25, 0.3) is 0 Å². The Morgan fingerprint density at radius 2 is 1.80 bits per heavy atom. The number of carbonyl (C=O) groups is 1. The molecule has 1 aliphatic carbocycles. The lowest BCUT2D eigenvalue weighted by molar-refractivity contribution is 0.0213. The van der Waals surface area contributed by atoms with Crippen LogP contribution in [0.5, 0.6) is 5.75 Å². The normalized spacial score (nSPS) is 23.9. The molecule has 1 fully saturated rings. The third kappa shape index (κ3) is 5.90. The van der Waals surface area contributed by atoms with Gasteiger partial charge in [-0.05, 0) is 83.8 Å². The molecule has 1 aromatic rings. The van der Waals surface area contributed by atoms with Gasteiger partial charge < -0.3 is 20.5 Å². The second kappa shape index (κ2) is 8.54. The van der Waals surface area contributed by atoms with Crippen LogP contribution in [0.2, 0.25) is 0 Å². The summed E-state index contributed by atoms with van der Waals surface area (Å²) >= 11 is 0. The molecule has 0 bridgehead atoms. The van der Waals surface area contributed by atoms with E-state index in [-0.39, 0.29) is 5.75 Å². The lowest BCUT2D eigenvalue weighted by atomic mass is 9.77. The summed E-state index contributed by atoms with van der Waals surface area (Å²) in [6.45, 7) is 3.92. The van der Waals surface area contributed by atoms with Crippen LogP contribution in [0.1, 0.15) is 39.5 Å². The first-order valence-electron chi connectivity index (χ1n) is 8.96. The smallest absolute Gasteiger partial charge is 0.412 e. The van der Waals surface area contributed by atoms with Crippen LogP contribution in [0.25, 0.3) is 0 Å². The first-order valence-corrected chi connectivity index (χ1v) is 8.96. The van der Waals surface area contributed by atoms with Crippen LogP contribution in [-0.4, -0.2) is 43.0 Å². The van der Waals surface area contributed by atoms with Gasteiger partial charge in [0.15, 0.2) is 0 Å². The number of phenols is 1. The molecular weight excluding hydrogens is 318 g/mol. The maximum absolute atomic E-state index is 12.2. The Bertz CT molecular complexity index is 560. The fourth-order valence-electron chi connectivity index (χ4n) is 3.78. The molecule has 4 N–H and O–H groups in total. The number of hydrogen-bond acceptors (Lipinski definition) is 5. The van der Waals surface area contributed by atoms with Crippen molar-refractivity contribution >= 4 is 11.8 Å². The number of rotatable bonds is 6. The number of likely N-dealkylation sites (N-methyl/N-ethyl adjacent to an activating group) is 2. The van der Waals surface area contributed by atoms with E-state index in [0.717, 1.165) is 25.7 Å². The van der Waals surface area contributed by atoms with Crippen LogP contribution < -0.4 is 16.0 Å². The molecular formula is C19H31N3O3. The highest BCUT2D eigenvalue weighted by molar-refractivity contribution is 5.84. The van der Waals surface area contributed by atoms with Crippen molar-refractivity contribution < 1.29 is 14.6 Å². The zero-order valence-electron chi connectivity index (χ0n) is 15.6. The van der Waals surface area contributed by atoms with Crippen LogP contribution >= 0.6 is 0 Å². The van der Waals surface area contributed by atoms with Crippen molar-refractivity contribution in [3.05, 3.63) is 24.3 Å². The zero-order chi connectivity index (χ0) is 18.4. The van der Waals surface area contributed by atoms with Gasteiger partial charge in [-0.1, -0.05) is 0 Å². The lowest BCUT2D eigenvalue weighted by Gasteiger charge is -2.38. The van der Waals surface area contributed by atoms with Crippen molar-refractivity contribution in [2.24, 2.45) is 5.92 Å². The monoisotopic (exact) mass is 349 g/mol. The number of benzene rings is 1. The van der Waals surface area contributed by atoms with Crippen LogP contribution in [-0.2, 0) is 4.74 Å². The highest BCUT2D eigenvalue weighted by Crippen LogP contribution is 2.32. The molecule has 0 saturated heterocycles. The largest absolute Gasteiger partial charge is 0.508 e. The number of nitrogens with one attached hydrogen (secondary N) is 3. The summed E-state index contributed by atoms with van der Waals surface area (Å²) in [6.07, 6.45) is 3.71. The van der Waals surface area contributed by atoms with E-state index in [0.29, 0.717) is 23.7 Å². The maximum Gasteiger partial charge on any atom is 0.412 e. The summed E-state index contributed by atoms with van der Waals surface area (Å²) < 4.78 is 5.65. The molecule has 2 rings (SSSR count). The molecule has 1 saturated carbocycles. The minimum absolute atomic E-state index is 0.163. The van der Waals surface area contributed by atoms with E-state index in [1.165, 1.54) is 12.1 Å². The first kappa shape index (κ1) is 19.5. The molecule has 1 aromatic carbocycles. The van der Waals surface area contributed by atoms with Crippen LogP contribution in [0, 0.1) is 5.92 Å². The van der Waals surface area contributed by atoms with E-state index in [4.69, 9.17) is 4.74 Å². The average Bonchev–Trinajstić information content (AvgIpc) is 2.55. The third-order valence-electron chi connectivity index (χ3n) is 4.96. The molecule has 1 amide bonds. The predicted octanol–water partition coefficient (Wildman–Crippen LogP) is 3.09.